The van der Waals surface area contributed by atoms with Crippen molar-refractivity contribution in [3.05, 3.63) is 69.8 Å². The Morgan fingerprint density at radius 1 is 1.32 bits per heavy atom. The second-order valence-corrected chi connectivity index (χ2v) is 4.95. The smallest absolute Gasteiger partial charge is 0.270 e. The Labute approximate surface area is 141 Å². The van der Waals surface area contributed by atoms with Crippen LogP contribution in [0.1, 0.15) is 12.5 Å². The Kier molecular flexibility index (Phi) is 5.72. The van der Waals surface area contributed by atoms with Crippen LogP contribution in [0.2, 0.25) is 0 Å². The first-order valence-corrected chi connectivity index (χ1v) is 7.06. The summed E-state index contributed by atoms with van der Waals surface area (Å²) in [5, 5.41) is 16.5. The Bertz CT molecular complexity index is 827. The number of hydrogen-bond acceptors (Lipinski definition) is 5. The number of hydrogen-bond donors (Lipinski definition) is 1. The first-order valence-electron chi connectivity index (χ1n) is 7.06. The van der Waals surface area contributed by atoms with E-state index in [1.54, 1.807) is 6.07 Å². The van der Waals surface area contributed by atoms with Crippen LogP contribution >= 0.6 is 0 Å². The molecule has 0 aliphatic carbocycles. The van der Waals surface area contributed by atoms with E-state index in [1.807, 2.05) is 0 Å². The van der Waals surface area contributed by atoms with Gasteiger partial charge in [0.05, 0.1) is 16.8 Å². The second-order valence-electron chi connectivity index (χ2n) is 4.95. The molecule has 0 radical (unpaired) electrons. The van der Waals surface area contributed by atoms with Gasteiger partial charge in [-0.25, -0.2) is 8.78 Å². The van der Waals surface area contributed by atoms with Crippen LogP contribution < -0.4 is 5.32 Å². The summed E-state index contributed by atoms with van der Waals surface area (Å²) in [6, 6.07) is 8.39. The highest BCUT2D eigenvalue weighted by molar-refractivity contribution is 5.94. The van der Waals surface area contributed by atoms with Gasteiger partial charge in [-0.2, -0.15) is 0 Å². The number of amides is 1. The predicted molar refractivity (Wildman–Crippen MR) is 86.2 cm³/mol. The molecule has 2 aromatic carbocycles. The first kappa shape index (κ1) is 18.0. The minimum absolute atomic E-state index is 0.110. The van der Waals surface area contributed by atoms with Gasteiger partial charge < -0.3 is 10.2 Å². The molecule has 0 aliphatic rings. The van der Waals surface area contributed by atoms with E-state index in [2.05, 4.69) is 10.5 Å². The number of nitrogens with one attached hydrogen (secondary N) is 1. The standard InChI is InChI=1S/C16H13F2N3O4/c1-10(16(22)20-15-6-5-12(17)8-14(15)18)25-19-9-11-3-2-4-13(7-11)21(23)24/h2-10H,1H3,(H,20,22)/b19-9+. The van der Waals surface area contributed by atoms with E-state index in [4.69, 9.17) is 4.84 Å². The lowest BCUT2D eigenvalue weighted by Gasteiger charge is -2.11. The number of halogens is 2. The lowest BCUT2D eigenvalue weighted by molar-refractivity contribution is -0.384. The summed E-state index contributed by atoms with van der Waals surface area (Å²) >= 11 is 0. The number of benzene rings is 2. The average Bonchev–Trinajstić information content (AvgIpc) is 2.57. The number of rotatable bonds is 6. The van der Waals surface area contributed by atoms with Crippen LogP contribution in [-0.2, 0) is 9.63 Å². The van der Waals surface area contributed by atoms with Crippen LogP contribution in [0.4, 0.5) is 20.2 Å². The summed E-state index contributed by atoms with van der Waals surface area (Å²) < 4.78 is 26.3. The zero-order chi connectivity index (χ0) is 18.4. The van der Waals surface area contributed by atoms with Crippen molar-refractivity contribution in [3.63, 3.8) is 0 Å². The summed E-state index contributed by atoms with van der Waals surface area (Å²) in [6.07, 6.45) is 0.134. The van der Waals surface area contributed by atoms with Gasteiger partial charge in [0.15, 0.2) is 0 Å². The van der Waals surface area contributed by atoms with Crippen molar-refractivity contribution in [3.8, 4) is 0 Å². The molecule has 0 fully saturated rings. The fourth-order valence-electron chi connectivity index (χ4n) is 1.77. The van der Waals surface area contributed by atoms with E-state index < -0.39 is 28.6 Å². The highest BCUT2D eigenvalue weighted by atomic mass is 19.1. The normalized spacial score (nSPS) is 12.0. The topological polar surface area (TPSA) is 93.8 Å². The number of anilines is 1. The molecule has 1 N–H and O–H groups in total. The van der Waals surface area contributed by atoms with Crippen LogP contribution in [0.15, 0.2) is 47.6 Å². The maximum absolute atomic E-state index is 13.5. The molecular weight excluding hydrogens is 336 g/mol. The van der Waals surface area contributed by atoms with E-state index in [0.29, 0.717) is 11.6 Å². The van der Waals surface area contributed by atoms with Crippen molar-refractivity contribution in [2.24, 2.45) is 5.16 Å². The monoisotopic (exact) mass is 349 g/mol. The third-order valence-electron chi connectivity index (χ3n) is 3.06. The number of carbonyl (C=O) groups is 1. The third kappa shape index (κ3) is 5.06. The molecule has 0 heterocycles. The minimum Gasteiger partial charge on any atom is -0.383 e. The SMILES string of the molecule is CC(O/N=C/c1cccc([N+](=O)[O-])c1)C(=O)Nc1ccc(F)cc1F. The largest absolute Gasteiger partial charge is 0.383 e. The molecular formula is C16H13F2N3O4. The molecule has 0 aromatic heterocycles. The Hall–Kier alpha value is -3.36. The van der Waals surface area contributed by atoms with Gasteiger partial charge in [0.25, 0.3) is 11.6 Å². The number of non-ortho nitro benzene ring substituents is 1. The molecule has 0 bridgehead atoms. The van der Waals surface area contributed by atoms with Gasteiger partial charge >= 0.3 is 0 Å². The van der Waals surface area contributed by atoms with Crippen molar-refractivity contribution < 1.29 is 23.3 Å². The lowest BCUT2D eigenvalue weighted by Crippen LogP contribution is -2.26. The fraction of sp³-hybridized carbons (Fsp3) is 0.125. The zero-order valence-electron chi connectivity index (χ0n) is 13.0. The van der Waals surface area contributed by atoms with E-state index in [1.165, 1.54) is 31.3 Å². The van der Waals surface area contributed by atoms with Crippen LogP contribution in [-0.4, -0.2) is 23.1 Å². The molecule has 0 spiro atoms. The minimum atomic E-state index is -1.07. The van der Waals surface area contributed by atoms with E-state index >= 15 is 0 Å². The number of carbonyl (C=O) groups excluding carboxylic acids is 1. The number of nitro groups is 1. The van der Waals surface area contributed by atoms with E-state index in [0.717, 1.165) is 12.1 Å². The molecule has 1 amide bonds. The number of nitro benzene ring substituents is 1. The molecule has 0 saturated heterocycles. The molecule has 25 heavy (non-hydrogen) atoms. The van der Waals surface area contributed by atoms with Crippen molar-refractivity contribution in [1.82, 2.24) is 0 Å². The summed E-state index contributed by atoms with van der Waals surface area (Å²) in [5.41, 5.74) is 0.109. The van der Waals surface area contributed by atoms with Gasteiger partial charge in [0, 0.05) is 23.8 Å². The first-order chi connectivity index (χ1) is 11.9. The molecule has 0 saturated carbocycles. The summed E-state index contributed by atoms with van der Waals surface area (Å²) in [4.78, 5) is 26.9. The van der Waals surface area contributed by atoms with Crippen molar-refractivity contribution in [2.75, 3.05) is 5.32 Å². The van der Waals surface area contributed by atoms with Crippen molar-refractivity contribution in [2.45, 2.75) is 13.0 Å². The summed E-state index contributed by atoms with van der Waals surface area (Å²) in [6.45, 7) is 1.38. The van der Waals surface area contributed by atoms with Gasteiger partial charge in [0.1, 0.15) is 11.6 Å². The summed E-state index contributed by atoms with van der Waals surface area (Å²) in [5.74, 6) is -2.37. The molecule has 1 unspecified atom stereocenters. The second kappa shape index (κ2) is 7.95. The molecule has 7 nitrogen and oxygen atoms in total. The van der Waals surface area contributed by atoms with Gasteiger partial charge in [-0.3, -0.25) is 14.9 Å². The molecule has 1 atom stereocenters. The molecule has 9 heteroatoms. The zero-order valence-corrected chi connectivity index (χ0v) is 13.0. The van der Waals surface area contributed by atoms with Crippen LogP contribution in [0.5, 0.6) is 0 Å². The highest BCUT2D eigenvalue weighted by Crippen LogP contribution is 2.15. The van der Waals surface area contributed by atoms with E-state index in [9.17, 15) is 23.7 Å². The maximum atomic E-state index is 13.5. The summed E-state index contributed by atoms with van der Waals surface area (Å²) in [7, 11) is 0. The number of nitrogens with zero attached hydrogens (tertiary/aromatic N) is 2. The van der Waals surface area contributed by atoms with Gasteiger partial charge in [0.2, 0.25) is 6.10 Å². The van der Waals surface area contributed by atoms with Crippen molar-refractivity contribution >= 4 is 23.5 Å². The van der Waals surface area contributed by atoms with Gasteiger partial charge in [-0.05, 0) is 19.1 Å². The Morgan fingerprint density at radius 2 is 2.08 bits per heavy atom. The average molecular weight is 349 g/mol. The Balaban J connectivity index is 1.95. The predicted octanol–water partition coefficient (Wildman–Crippen LogP) is 3.25. The quantitative estimate of drug-likeness (QED) is 0.492. The van der Waals surface area contributed by atoms with Gasteiger partial charge in [-0.15, -0.1) is 0 Å². The molecule has 2 aromatic rings. The van der Waals surface area contributed by atoms with E-state index in [-0.39, 0.29) is 11.4 Å². The van der Waals surface area contributed by atoms with Crippen molar-refractivity contribution in [1.29, 1.82) is 0 Å². The lowest BCUT2D eigenvalue weighted by atomic mass is 10.2. The Morgan fingerprint density at radius 3 is 2.76 bits per heavy atom. The number of oxime groups is 1. The molecule has 2 rings (SSSR count). The van der Waals surface area contributed by atoms with Crippen LogP contribution in [0.25, 0.3) is 0 Å². The highest BCUT2D eigenvalue weighted by Gasteiger charge is 2.16. The third-order valence-corrected chi connectivity index (χ3v) is 3.06. The van der Waals surface area contributed by atoms with Crippen LogP contribution in [0.3, 0.4) is 0 Å². The molecule has 130 valence electrons. The maximum Gasteiger partial charge on any atom is 0.270 e. The molecule has 0 aliphatic heterocycles. The van der Waals surface area contributed by atoms with Crippen LogP contribution in [0, 0.1) is 21.7 Å². The fourth-order valence-corrected chi connectivity index (χ4v) is 1.77. The van der Waals surface area contributed by atoms with Gasteiger partial charge in [-0.1, -0.05) is 17.3 Å².